The van der Waals surface area contributed by atoms with Crippen molar-refractivity contribution in [1.82, 2.24) is 4.90 Å². The number of aliphatic hydroxyl groups is 1. The number of rotatable bonds is 6. The van der Waals surface area contributed by atoms with Crippen molar-refractivity contribution in [2.75, 3.05) is 27.4 Å². The lowest BCUT2D eigenvalue weighted by Crippen LogP contribution is -2.38. The van der Waals surface area contributed by atoms with Crippen molar-refractivity contribution >= 4 is 5.91 Å². The van der Waals surface area contributed by atoms with Crippen LogP contribution in [0.2, 0.25) is 0 Å². The molecule has 0 bridgehead atoms. The third-order valence-corrected chi connectivity index (χ3v) is 4.04. The number of ether oxygens (including phenoxy) is 2. The Balaban J connectivity index is 1.95. The van der Waals surface area contributed by atoms with Gasteiger partial charge in [-0.15, -0.1) is 0 Å². The number of amides is 1. The summed E-state index contributed by atoms with van der Waals surface area (Å²) >= 11 is 0. The number of aliphatic hydroxyl groups excluding tert-OH is 1. The van der Waals surface area contributed by atoms with Gasteiger partial charge in [0.05, 0.1) is 25.9 Å². The van der Waals surface area contributed by atoms with Crippen molar-refractivity contribution in [1.29, 1.82) is 0 Å². The van der Waals surface area contributed by atoms with E-state index >= 15 is 0 Å². The van der Waals surface area contributed by atoms with Crippen molar-refractivity contribution < 1.29 is 19.4 Å². The lowest BCUT2D eigenvalue weighted by Gasteiger charge is -2.23. The summed E-state index contributed by atoms with van der Waals surface area (Å²) in [5.74, 6) is 0.861. The van der Waals surface area contributed by atoms with Crippen molar-refractivity contribution in [3.63, 3.8) is 0 Å². The van der Waals surface area contributed by atoms with E-state index in [-0.39, 0.29) is 24.7 Å². The highest BCUT2D eigenvalue weighted by Gasteiger charge is 2.34. The zero-order chi connectivity index (χ0) is 15.2. The predicted octanol–water partition coefficient (Wildman–Crippen LogP) is 1.24. The molecule has 1 aliphatic heterocycles. The third-order valence-electron chi connectivity index (χ3n) is 4.04. The van der Waals surface area contributed by atoms with Gasteiger partial charge in [-0.25, -0.2) is 0 Å². The molecule has 2 atom stereocenters. The van der Waals surface area contributed by atoms with Crippen LogP contribution in [0.4, 0.5) is 0 Å². The minimum absolute atomic E-state index is 0.0136. The molecule has 0 unspecified atom stereocenters. The standard InChI is InChI=1S/C16H23NO4/c1-20-14-9-13(11-18)17(10-14)16(19)8-7-12-5-3-4-6-15(12)21-2/h3-6,13-14,18H,7-11H2,1-2H3/t13-,14+/m0/s1. The lowest BCUT2D eigenvalue weighted by atomic mass is 10.1. The summed E-state index contributed by atoms with van der Waals surface area (Å²) in [6, 6.07) is 7.59. The van der Waals surface area contributed by atoms with Gasteiger partial charge in [0.2, 0.25) is 5.91 Å². The van der Waals surface area contributed by atoms with Gasteiger partial charge in [-0.1, -0.05) is 18.2 Å². The number of aryl methyl sites for hydroxylation is 1. The van der Waals surface area contributed by atoms with E-state index in [1.807, 2.05) is 24.3 Å². The summed E-state index contributed by atoms with van der Waals surface area (Å²) in [6.45, 7) is 0.548. The average Bonchev–Trinajstić information content (AvgIpc) is 2.96. The highest BCUT2D eigenvalue weighted by molar-refractivity contribution is 5.77. The molecule has 21 heavy (non-hydrogen) atoms. The first kappa shape index (κ1) is 15.8. The van der Waals surface area contributed by atoms with Crippen LogP contribution in [0.15, 0.2) is 24.3 Å². The van der Waals surface area contributed by atoms with Gasteiger partial charge in [0.25, 0.3) is 0 Å². The van der Waals surface area contributed by atoms with Crippen LogP contribution < -0.4 is 4.74 Å². The van der Waals surface area contributed by atoms with Gasteiger partial charge in [-0.2, -0.15) is 0 Å². The summed E-state index contributed by atoms with van der Waals surface area (Å²) in [4.78, 5) is 14.1. The van der Waals surface area contributed by atoms with Crippen LogP contribution in [0, 0.1) is 0 Å². The van der Waals surface area contributed by atoms with Gasteiger partial charge < -0.3 is 19.5 Å². The second-order valence-corrected chi connectivity index (χ2v) is 5.29. The zero-order valence-electron chi connectivity index (χ0n) is 12.6. The topological polar surface area (TPSA) is 59.0 Å². The van der Waals surface area contributed by atoms with Crippen molar-refractivity contribution in [2.24, 2.45) is 0 Å². The maximum absolute atomic E-state index is 12.4. The Morgan fingerprint density at radius 2 is 2.14 bits per heavy atom. The third kappa shape index (κ3) is 3.74. The Hall–Kier alpha value is -1.59. The molecule has 0 saturated carbocycles. The number of hydrogen-bond donors (Lipinski definition) is 1. The van der Waals surface area contributed by atoms with Gasteiger partial charge in [0, 0.05) is 20.1 Å². The van der Waals surface area contributed by atoms with E-state index in [4.69, 9.17) is 9.47 Å². The molecule has 1 saturated heterocycles. The maximum Gasteiger partial charge on any atom is 0.223 e. The van der Waals surface area contributed by atoms with E-state index < -0.39 is 0 Å². The van der Waals surface area contributed by atoms with E-state index in [1.165, 1.54) is 0 Å². The first-order valence-electron chi connectivity index (χ1n) is 7.24. The molecule has 0 aliphatic carbocycles. The molecular weight excluding hydrogens is 270 g/mol. The molecule has 0 aromatic heterocycles. The quantitative estimate of drug-likeness (QED) is 0.857. The Morgan fingerprint density at radius 1 is 1.38 bits per heavy atom. The minimum Gasteiger partial charge on any atom is -0.496 e. The molecule has 1 aromatic carbocycles. The van der Waals surface area contributed by atoms with Gasteiger partial charge >= 0.3 is 0 Å². The highest BCUT2D eigenvalue weighted by atomic mass is 16.5. The number of carbonyl (C=O) groups is 1. The van der Waals surface area contributed by atoms with Gasteiger partial charge in [-0.05, 0) is 24.5 Å². The molecule has 1 aromatic rings. The number of methoxy groups -OCH3 is 2. The van der Waals surface area contributed by atoms with Crippen LogP contribution in [0.5, 0.6) is 5.75 Å². The van der Waals surface area contributed by atoms with Crippen molar-refractivity contribution in [2.45, 2.75) is 31.4 Å². The smallest absolute Gasteiger partial charge is 0.223 e. The zero-order valence-corrected chi connectivity index (χ0v) is 12.6. The Kier molecular flexibility index (Phi) is 5.59. The molecule has 1 fully saturated rings. The van der Waals surface area contributed by atoms with E-state index in [0.29, 0.717) is 25.8 Å². The van der Waals surface area contributed by atoms with Gasteiger partial charge in [-0.3, -0.25) is 4.79 Å². The number of hydrogen-bond acceptors (Lipinski definition) is 4. The van der Waals surface area contributed by atoms with Gasteiger partial charge in [0.15, 0.2) is 0 Å². The minimum atomic E-state index is -0.125. The molecule has 0 radical (unpaired) electrons. The van der Waals surface area contributed by atoms with E-state index in [9.17, 15) is 9.90 Å². The fraction of sp³-hybridized carbons (Fsp3) is 0.562. The summed E-state index contributed by atoms with van der Waals surface area (Å²) in [7, 11) is 3.27. The molecule has 116 valence electrons. The highest BCUT2D eigenvalue weighted by Crippen LogP contribution is 2.23. The fourth-order valence-corrected chi connectivity index (χ4v) is 2.82. The molecular formula is C16H23NO4. The van der Waals surface area contributed by atoms with Crippen LogP contribution >= 0.6 is 0 Å². The number of likely N-dealkylation sites (tertiary alicyclic amines) is 1. The van der Waals surface area contributed by atoms with Crippen LogP contribution in [0.25, 0.3) is 0 Å². The van der Waals surface area contributed by atoms with Crippen molar-refractivity contribution in [3.05, 3.63) is 29.8 Å². The normalized spacial score (nSPS) is 21.6. The van der Waals surface area contributed by atoms with Crippen LogP contribution in [0.1, 0.15) is 18.4 Å². The number of carbonyl (C=O) groups excluding carboxylic acids is 1. The van der Waals surface area contributed by atoms with E-state index in [1.54, 1.807) is 19.1 Å². The Labute approximate surface area is 125 Å². The first-order valence-corrected chi connectivity index (χ1v) is 7.24. The summed E-state index contributed by atoms with van der Waals surface area (Å²) in [5, 5.41) is 9.40. The predicted molar refractivity (Wildman–Crippen MR) is 79.3 cm³/mol. The monoisotopic (exact) mass is 293 g/mol. The molecule has 0 spiro atoms. The fourth-order valence-electron chi connectivity index (χ4n) is 2.82. The Bertz CT molecular complexity index is 477. The number of para-hydroxylation sites is 1. The molecule has 1 aliphatic rings. The molecule has 1 heterocycles. The van der Waals surface area contributed by atoms with Crippen LogP contribution in [-0.2, 0) is 16.0 Å². The second-order valence-electron chi connectivity index (χ2n) is 5.29. The number of benzene rings is 1. The lowest BCUT2D eigenvalue weighted by molar-refractivity contribution is -0.133. The molecule has 5 heteroatoms. The maximum atomic E-state index is 12.4. The summed E-state index contributed by atoms with van der Waals surface area (Å²) < 4.78 is 10.6. The SMILES string of the molecule is COc1ccccc1CCC(=O)N1C[C@H](OC)C[C@H]1CO. The van der Waals surface area contributed by atoms with E-state index in [0.717, 1.165) is 11.3 Å². The largest absolute Gasteiger partial charge is 0.496 e. The molecule has 1 amide bonds. The van der Waals surface area contributed by atoms with Crippen LogP contribution in [-0.4, -0.2) is 55.4 Å². The van der Waals surface area contributed by atoms with E-state index in [2.05, 4.69) is 0 Å². The first-order chi connectivity index (χ1) is 10.2. The molecule has 2 rings (SSSR count). The molecule has 5 nitrogen and oxygen atoms in total. The second kappa shape index (κ2) is 7.43. The van der Waals surface area contributed by atoms with Crippen molar-refractivity contribution in [3.8, 4) is 5.75 Å². The Morgan fingerprint density at radius 3 is 2.81 bits per heavy atom. The van der Waals surface area contributed by atoms with Gasteiger partial charge in [0.1, 0.15) is 5.75 Å². The number of nitrogens with zero attached hydrogens (tertiary/aromatic N) is 1. The van der Waals surface area contributed by atoms with Crippen LogP contribution in [0.3, 0.4) is 0 Å². The summed E-state index contributed by atoms with van der Waals surface area (Å²) in [6.07, 6.45) is 1.77. The average molecular weight is 293 g/mol. The molecule has 1 N–H and O–H groups in total. The summed E-state index contributed by atoms with van der Waals surface area (Å²) in [5.41, 5.74) is 1.02.